The lowest BCUT2D eigenvalue weighted by Crippen LogP contribution is -2.47. The minimum absolute atomic E-state index is 0.118. The van der Waals surface area contributed by atoms with E-state index < -0.39 is 0 Å². The van der Waals surface area contributed by atoms with Crippen molar-refractivity contribution < 1.29 is 0 Å². The van der Waals surface area contributed by atoms with Crippen molar-refractivity contribution in [1.29, 1.82) is 0 Å². The second-order valence-electron chi connectivity index (χ2n) is 9.94. The van der Waals surface area contributed by atoms with Crippen molar-refractivity contribution in [3.63, 3.8) is 0 Å². The maximum atomic E-state index is 4.54. The van der Waals surface area contributed by atoms with Gasteiger partial charge in [0.25, 0.3) is 0 Å². The lowest BCUT2D eigenvalue weighted by molar-refractivity contribution is 0.248. The quantitative estimate of drug-likeness (QED) is 0.657. The highest BCUT2D eigenvalue weighted by atomic mass is 15.3. The Bertz CT molecular complexity index is 1020. The topological polar surface area (TPSA) is 62.1 Å². The molecule has 1 aliphatic heterocycles. The highest BCUT2D eigenvalue weighted by molar-refractivity contribution is 5.86. The molecule has 2 fully saturated rings. The molecule has 0 unspecified atom stereocenters. The zero-order chi connectivity index (χ0) is 21.4. The number of rotatable bonds is 6. The number of hydrogen-bond donors (Lipinski definition) is 1. The van der Waals surface area contributed by atoms with Gasteiger partial charge in [-0.25, -0.2) is 14.6 Å². The molecule has 7 heteroatoms. The van der Waals surface area contributed by atoms with Gasteiger partial charge in [-0.05, 0) is 57.2 Å². The largest absolute Gasteiger partial charge is 0.369 e. The van der Waals surface area contributed by atoms with E-state index >= 15 is 0 Å². The third-order valence-corrected chi connectivity index (χ3v) is 6.35. The van der Waals surface area contributed by atoms with Crippen molar-refractivity contribution in [2.45, 2.75) is 45.7 Å². The minimum atomic E-state index is -0.118. The Morgan fingerprint density at radius 1 is 1.00 bits per heavy atom. The van der Waals surface area contributed by atoms with Crippen LogP contribution in [0.4, 0.5) is 11.5 Å². The maximum Gasteiger partial charge on any atom is 0.163 e. The molecule has 31 heavy (non-hydrogen) atoms. The predicted octanol–water partition coefficient (Wildman–Crippen LogP) is 3.73. The van der Waals surface area contributed by atoms with E-state index in [1.165, 1.54) is 43.7 Å². The van der Waals surface area contributed by atoms with Gasteiger partial charge >= 0.3 is 0 Å². The normalized spacial score (nSPS) is 18.0. The summed E-state index contributed by atoms with van der Waals surface area (Å²) in [6.07, 6.45) is 6.35. The van der Waals surface area contributed by atoms with E-state index in [1.54, 1.807) is 6.33 Å². The molecule has 164 valence electrons. The van der Waals surface area contributed by atoms with Crippen LogP contribution in [-0.2, 0) is 12.1 Å². The first-order valence-corrected chi connectivity index (χ1v) is 11.5. The van der Waals surface area contributed by atoms with Gasteiger partial charge in [-0.3, -0.25) is 4.90 Å². The van der Waals surface area contributed by atoms with Crippen LogP contribution in [-0.4, -0.2) is 57.4 Å². The number of nitrogens with one attached hydrogen (secondary N) is 1. The molecule has 0 amide bonds. The molecule has 2 aliphatic rings. The van der Waals surface area contributed by atoms with Crippen LogP contribution in [0.1, 0.15) is 39.2 Å². The van der Waals surface area contributed by atoms with Gasteiger partial charge in [-0.1, -0.05) is 12.1 Å². The molecule has 5 rings (SSSR count). The molecule has 7 nitrogen and oxygen atoms in total. The summed E-state index contributed by atoms with van der Waals surface area (Å²) in [7, 11) is 0. The first-order valence-electron chi connectivity index (χ1n) is 11.5. The predicted molar refractivity (Wildman–Crippen MR) is 125 cm³/mol. The fourth-order valence-corrected chi connectivity index (χ4v) is 4.34. The van der Waals surface area contributed by atoms with Crippen molar-refractivity contribution in [1.82, 2.24) is 24.6 Å². The van der Waals surface area contributed by atoms with Crippen molar-refractivity contribution >= 4 is 22.5 Å². The first kappa shape index (κ1) is 20.2. The summed E-state index contributed by atoms with van der Waals surface area (Å²) in [5, 5.41) is 8.96. The maximum absolute atomic E-state index is 4.54. The van der Waals surface area contributed by atoms with Gasteiger partial charge in [0, 0.05) is 45.0 Å². The van der Waals surface area contributed by atoms with E-state index in [-0.39, 0.29) is 5.54 Å². The molecule has 0 spiro atoms. The van der Waals surface area contributed by atoms with Gasteiger partial charge in [0.05, 0.1) is 17.1 Å². The minimum Gasteiger partial charge on any atom is -0.369 e. The summed E-state index contributed by atoms with van der Waals surface area (Å²) in [5.74, 6) is 1.81. The average Bonchev–Trinajstić information content (AvgIpc) is 3.46. The highest BCUT2D eigenvalue weighted by Crippen LogP contribution is 2.30. The fourth-order valence-electron chi connectivity index (χ4n) is 4.34. The van der Waals surface area contributed by atoms with Gasteiger partial charge in [-0.15, -0.1) is 0 Å². The molecular formula is C24H33N7. The SMILES string of the molecule is CC(C)(C)n1ncc2c(NCc3ccc(N4CCN(CC5CC5)CC4)cc3)ncnc21. The van der Waals surface area contributed by atoms with Crippen LogP contribution in [0.15, 0.2) is 36.8 Å². The Kier molecular flexibility index (Phi) is 5.30. The summed E-state index contributed by atoms with van der Waals surface area (Å²) >= 11 is 0. The van der Waals surface area contributed by atoms with E-state index in [4.69, 9.17) is 0 Å². The molecule has 0 radical (unpaired) electrons. The van der Waals surface area contributed by atoms with Crippen molar-refractivity contribution in [3.05, 3.63) is 42.4 Å². The molecule has 0 atom stereocenters. The lowest BCUT2D eigenvalue weighted by atomic mass is 10.1. The van der Waals surface area contributed by atoms with E-state index in [0.29, 0.717) is 0 Å². The van der Waals surface area contributed by atoms with Crippen LogP contribution in [0.2, 0.25) is 0 Å². The molecule has 2 aromatic heterocycles. The van der Waals surface area contributed by atoms with E-state index in [9.17, 15) is 0 Å². The van der Waals surface area contributed by atoms with E-state index in [2.05, 4.69) is 75.2 Å². The number of benzene rings is 1. The molecular weight excluding hydrogens is 386 g/mol. The Labute approximate surface area is 184 Å². The summed E-state index contributed by atoms with van der Waals surface area (Å²) in [6, 6.07) is 8.94. The number of fused-ring (bicyclic) bond motifs is 1. The smallest absolute Gasteiger partial charge is 0.163 e. The first-order chi connectivity index (χ1) is 15.0. The summed E-state index contributed by atoms with van der Waals surface area (Å²) in [6.45, 7) is 13.0. The Morgan fingerprint density at radius 3 is 2.42 bits per heavy atom. The van der Waals surface area contributed by atoms with Crippen molar-refractivity contribution in [2.24, 2.45) is 5.92 Å². The van der Waals surface area contributed by atoms with E-state index in [1.807, 2.05) is 10.9 Å². The molecule has 3 heterocycles. The fraction of sp³-hybridized carbons (Fsp3) is 0.542. The van der Waals surface area contributed by atoms with Gasteiger partial charge in [0.1, 0.15) is 12.1 Å². The third kappa shape index (κ3) is 4.51. The van der Waals surface area contributed by atoms with Crippen LogP contribution in [0.5, 0.6) is 0 Å². The van der Waals surface area contributed by atoms with Gasteiger partial charge in [-0.2, -0.15) is 5.10 Å². The monoisotopic (exact) mass is 419 g/mol. The van der Waals surface area contributed by atoms with Crippen LogP contribution in [0.3, 0.4) is 0 Å². The molecule has 1 aliphatic carbocycles. The molecule has 3 aromatic rings. The molecule has 1 aromatic carbocycles. The van der Waals surface area contributed by atoms with Gasteiger partial charge in [0.15, 0.2) is 5.65 Å². The number of aromatic nitrogens is 4. The zero-order valence-electron chi connectivity index (χ0n) is 18.9. The number of hydrogen-bond acceptors (Lipinski definition) is 6. The van der Waals surface area contributed by atoms with Gasteiger partial charge in [0.2, 0.25) is 0 Å². The van der Waals surface area contributed by atoms with Gasteiger partial charge < -0.3 is 10.2 Å². The Balaban J connectivity index is 1.20. The van der Waals surface area contributed by atoms with Crippen LogP contribution < -0.4 is 10.2 Å². The zero-order valence-corrected chi connectivity index (χ0v) is 18.9. The lowest BCUT2D eigenvalue weighted by Gasteiger charge is -2.36. The molecule has 0 bridgehead atoms. The van der Waals surface area contributed by atoms with Crippen LogP contribution in [0, 0.1) is 5.92 Å². The Morgan fingerprint density at radius 2 is 1.74 bits per heavy atom. The second kappa shape index (κ2) is 8.11. The molecule has 1 saturated heterocycles. The van der Waals surface area contributed by atoms with Crippen molar-refractivity contribution in [2.75, 3.05) is 42.9 Å². The van der Waals surface area contributed by atoms with Crippen LogP contribution >= 0.6 is 0 Å². The summed E-state index contributed by atoms with van der Waals surface area (Å²) < 4.78 is 1.95. The van der Waals surface area contributed by atoms with E-state index in [0.717, 1.165) is 42.4 Å². The summed E-state index contributed by atoms with van der Waals surface area (Å²) in [4.78, 5) is 14.0. The molecule has 1 saturated carbocycles. The highest BCUT2D eigenvalue weighted by Gasteiger charge is 2.26. The average molecular weight is 420 g/mol. The number of nitrogens with zero attached hydrogens (tertiary/aromatic N) is 6. The van der Waals surface area contributed by atoms with Crippen molar-refractivity contribution in [3.8, 4) is 0 Å². The third-order valence-electron chi connectivity index (χ3n) is 6.35. The standard InChI is InChI=1S/C24H33N7/c1-24(2,3)31-23-21(15-28-31)22(26-17-27-23)25-14-18-6-8-20(9-7-18)30-12-10-29(11-13-30)16-19-4-5-19/h6-9,15,17,19H,4-5,10-14,16H2,1-3H3,(H,25,26,27). The second-order valence-corrected chi connectivity index (χ2v) is 9.94. The van der Waals surface area contributed by atoms with Crippen LogP contribution in [0.25, 0.3) is 11.0 Å². The number of anilines is 2. The Hall–Kier alpha value is -2.67. The molecule has 1 N–H and O–H groups in total. The number of piperazine rings is 1. The summed E-state index contributed by atoms with van der Waals surface area (Å²) in [5.41, 5.74) is 3.31.